The molecule has 24 heavy (non-hydrogen) atoms. The normalized spacial score (nSPS) is 37.0. The molecule has 0 radical (unpaired) electrons. The van der Waals surface area contributed by atoms with E-state index in [4.69, 9.17) is 14.2 Å². The number of hydrogen-bond donors (Lipinski definition) is 1. The zero-order valence-corrected chi connectivity index (χ0v) is 14.0. The monoisotopic (exact) mass is 340 g/mol. The van der Waals surface area contributed by atoms with Crippen LogP contribution < -0.4 is 0 Å². The van der Waals surface area contributed by atoms with Crippen LogP contribution in [0.25, 0.3) is 0 Å². The topological polar surface area (TPSA) is 47.9 Å². The van der Waals surface area contributed by atoms with E-state index in [1.165, 1.54) is 13.0 Å². The molecule has 0 aromatic heterocycles. The van der Waals surface area contributed by atoms with Gasteiger partial charge in [-0.1, -0.05) is 36.4 Å². The van der Waals surface area contributed by atoms with E-state index in [2.05, 4.69) is 0 Å². The molecule has 132 valence electrons. The van der Waals surface area contributed by atoms with Crippen LogP contribution in [-0.4, -0.2) is 40.7 Å². The highest BCUT2D eigenvalue weighted by Crippen LogP contribution is 2.52. The Kier molecular flexibility index (Phi) is 4.07. The summed E-state index contributed by atoms with van der Waals surface area (Å²) in [6, 6.07) is 9.33. The van der Waals surface area contributed by atoms with E-state index in [0.717, 1.165) is 11.6 Å². The van der Waals surface area contributed by atoms with E-state index in [9.17, 15) is 13.9 Å². The fourth-order valence-electron chi connectivity index (χ4n) is 3.24. The molecule has 3 atom stereocenters. The Hall–Kier alpha value is -1.34. The molecular weight excluding hydrogens is 318 g/mol. The smallest absolute Gasteiger partial charge is 0.300 e. The highest BCUT2D eigenvalue weighted by Gasteiger charge is 2.72. The van der Waals surface area contributed by atoms with Gasteiger partial charge >= 0.3 is 0 Å². The summed E-state index contributed by atoms with van der Waals surface area (Å²) >= 11 is 0. The zero-order chi connectivity index (χ0) is 17.6. The minimum atomic E-state index is -3.38. The number of ether oxygens (including phenoxy) is 3. The van der Waals surface area contributed by atoms with Gasteiger partial charge in [0.25, 0.3) is 5.92 Å². The molecule has 2 aliphatic rings. The summed E-state index contributed by atoms with van der Waals surface area (Å²) in [5.74, 6) is -4.58. The molecule has 3 rings (SSSR count). The van der Waals surface area contributed by atoms with Gasteiger partial charge in [0.1, 0.15) is 11.7 Å². The third-order valence-electron chi connectivity index (χ3n) is 4.71. The van der Waals surface area contributed by atoms with Crippen LogP contribution in [0.4, 0.5) is 8.78 Å². The maximum atomic E-state index is 14.6. The molecule has 1 aromatic carbocycles. The second-order valence-electron chi connectivity index (χ2n) is 6.96. The van der Waals surface area contributed by atoms with E-state index < -0.39 is 35.6 Å². The average Bonchev–Trinajstić information content (AvgIpc) is 2.85. The third-order valence-corrected chi connectivity index (χ3v) is 4.71. The summed E-state index contributed by atoms with van der Waals surface area (Å²) in [5.41, 5.74) is -3.27. The minimum Gasteiger partial charge on any atom is -0.384 e. The van der Waals surface area contributed by atoms with Gasteiger partial charge in [-0.15, -0.1) is 0 Å². The lowest BCUT2D eigenvalue weighted by atomic mass is 9.72. The number of hydrogen-bond acceptors (Lipinski definition) is 4. The number of rotatable bonds is 3. The van der Waals surface area contributed by atoms with Gasteiger partial charge in [0, 0.05) is 0 Å². The van der Waals surface area contributed by atoms with E-state index >= 15 is 0 Å². The van der Waals surface area contributed by atoms with Gasteiger partial charge < -0.3 is 19.3 Å². The maximum absolute atomic E-state index is 14.6. The van der Waals surface area contributed by atoms with Gasteiger partial charge in [0.2, 0.25) is 0 Å². The van der Waals surface area contributed by atoms with Gasteiger partial charge in [0.05, 0.1) is 13.2 Å². The van der Waals surface area contributed by atoms with Gasteiger partial charge in [-0.05, 0) is 32.4 Å². The summed E-state index contributed by atoms with van der Waals surface area (Å²) in [7, 11) is 0. The fraction of sp³-hybridized carbons (Fsp3) is 0.556. The van der Waals surface area contributed by atoms with Crippen molar-refractivity contribution in [3.63, 3.8) is 0 Å². The average molecular weight is 340 g/mol. The Morgan fingerprint density at radius 2 is 1.88 bits per heavy atom. The third kappa shape index (κ3) is 2.67. The molecule has 1 aromatic rings. The van der Waals surface area contributed by atoms with Crippen LogP contribution in [0.15, 0.2) is 42.5 Å². The Balaban J connectivity index is 1.87. The lowest BCUT2D eigenvalue weighted by Crippen LogP contribution is -2.71. The highest BCUT2D eigenvalue weighted by atomic mass is 19.3. The molecule has 1 aliphatic heterocycles. The van der Waals surface area contributed by atoms with Gasteiger partial charge in [-0.3, -0.25) is 0 Å². The predicted octanol–water partition coefficient (Wildman–Crippen LogP) is 3.05. The van der Waals surface area contributed by atoms with E-state index in [1.54, 1.807) is 13.8 Å². The quantitative estimate of drug-likeness (QED) is 0.859. The van der Waals surface area contributed by atoms with Gasteiger partial charge in [-0.2, -0.15) is 8.78 Å². The van der Waals surface area contributed by atoms with E-state index in [1.807, 2.05) is 30.3 Å². The second-order valence-corrected chi connectivity index (χ2v) is 6.96. The molecular formula is C18H22F2O4. The number of aliphatic hydroxyl groups is 1. The minimum absolute atomic E-state index is 0.192. The summed E-state index contributed by atoms with van der Waals surface area (Å²) in [6.45, 7) is 4.18. The standard InChI is InChI=1S/C18H22F2O4/c1-15(2)23-12-17(24-15)16(3,21)14(9-10-18(17,19)20)22-11-13-7-5-4-6-8-13/h4-10,14,21H,11-12H2,1-3H3/t14-,16+,17+/m0/s1. The lowest BCUT2D eigenvalue weighted by molar-refractivity contribution is -0.297. The molecule has 0 amide bonds. The van der Waals surface area contributed by atoms with Crippen LogP contribution in [0, 0.1) is 0 Å². The molecule has 1 N–H and O–H groups in total. The van der Waals surface area contributed by atoms with Crippen LogP contribution in [0.3, 0.4) is 0 Å². The first kappa shape index (κ1) is 17.5. The van der Waals surface area contributed by atoms with Crippen molar-refractivity contribution in [2.75, 3.05) is 6.61 Å². The summed E-state index contributed by atoms with van der Waals surface area (Å²) in [5, 5.41) is 11.0. The van der Waals surface area contributed by atoms with Crippen LogP contribution in [0.1, 0.15) is 26.3 Å². The molecule has 1 aliphatic carbocycles. The largest absolute Gasteiger partial charge is 0.384 e. The Morgan fingerprint density at radius 3 is 2.46 bits per heavy atom. The molecule has 1 spiro atoms. The highest BCUT2D eigenvalue weighted by molar-refractivity contribution is 5.27. The molecule has 6 heteroatoms. The molecule has 0 saturated carbocycles. The molecule has 1 fully saturated rings. The number of alkyl halides is 2. The molecule has 1 saturated heterocycles. The summed E-state index contributed by atoms with van der Waals surface area (Å²) in [6.07, 6.45) is 0.990. The van der Waals surface area contributed by atoms with Crippen LogP contribution in [0.2, 0.25) is 0 Å². The van der Waals surface area contributed by atoms with Crippen molar-refractivity contribution in [1.82, 2.24) is 0 Å². The maximum Gasteiger partial charge on any atom is 0.300 e. The van der Waals surface area contributed by atoms with Crippen molar-refractivity contribution in [2.45, 2.75) is 56.4 Å². The molecule has 0 bridgehead atoms. The Labute approximate surface area is 140 Å². The van der Waals surface area contributed by atoms with Crippen LogP contribution in [0.5, 0.6) is 0 Å². The number of benzene rings is 1. The zero-order valence-electron chi connectivity index (χ0n) is 14.0. The molecule has 1 heterocycles. The van der Waals surface area contributed by atoms with Gasteiger partial charge in [-0.25, -0.2) is 0 Å². The van der Waals surface area contributed by atoms with Crippen molar-refractivity contribution in [3.8, 4) is 0 Å². The van der Waals surface area contributed by atoms with Crippen LogP contribution in [-0.2, 0) is 20.8 Å². The van der Waals surface area contributed by atoms with Crippen molar-refractivity contribution in [3.05, 3.63) is 48.0 Å². The molecule has 0 unspecified atom stereocenters. The van der Waals surface area contributed by atoms with Crippen molar-refractivity contribution < 1.29 is 28.1 Å². The first-order valence-corrected chi connectivity index (χ1v) is 7.89. The van der Waals surface area contributed by atoms with Crippen molar-refractivity contribution in [2.24, 2.45) is 0 Å². The summed E-state index contributed by atoms with van der Waals surface area (Å²) < 4.78 is 45.9. The second kappa shape index (κ2) is 5.59. The fourth-order valence-corrected chi connectivity index (χ4v) is 3.24. The van der Waals surface area contributed by atoms with Gasteiger partial charge in [0.15, 0.2) is 11.4 Å². The Bertz CT molecular complexity index is 627. The molecule has 4 nitrogen and oxygen atoms in total. The lowest BCUT2D eigenvalue weighted by Gasteiger charge is -2.50. The van der Waals surface area contributed by atoms with Crippen molar-refractivity contribution in [1.29, 1.82) is 0 Å². The predicted molar refractivity (Wildman–Crippen MR) is 83.6 cm³/mol. The number of halogens is 2. The first-order chi connectivity index (χ1) is 11.1. The SMILES string of the molecule is CC1(C)OC[C@]2(O1)C(F)(F)C=C[C@H](OCc1ccccc1)[C@@]2(C)O. The Morgan fingerprint density at radius 1 is 1.21 bits per heavy atom. The van der Waals surface area contributed by atoms with Crippen molar-refractivity contribution >= 4 is 0 Å². The van der Waals surface area contributed by atoms with E-state index in [0.29, 0.717) is 0 Å². The van der Waals surface area contributed by atoms with Crippen LogP contribution >= 0.6 is 0 Å². The van der Waals surface area contributed by atoms with E-state index in [-0.39, 0.29) is 6.61 Å². The first-order valence-electron chi connectivity index (χ1n) is 7.89. The summed E-state index contributed by atoms with van der Waals surface area (Å²) in [4.78, 5) is 0.